The predicted octanol–water partition coefficient (Wildman–Crippen LogP) is 3.80. The lowest BCUT2D eigenvalue weighted by molar-refractivity contribution is 0.0501. The minimum atomic E-state index is -0.707. The third-order valence-corrected chi connectivity index (χ3v) is 5.87. The maximum atomic E-state index is 14.9. The Balaban J connectivity index is 1.57. The van der Waals surface area contributed by atoms with Crippen LogP contribution in [-0.4, -0.2) is 59.1 Å². The molecule has 2 aromatic carbocycles. The molecule has 0 bridgehead atoms. The number of carbonyl (C=O) groups excluding carboxylic acids is 2. The Morgan fingerprint density at radius 2 is 2.00 bits per heavy atom. The van der Waals surface area contributed by atoms with Crippen LogP contribution in [0.15, 0.2) is 66.3 Å². The molecule has 8 nitrogen and oxygen atoms in total. The minimum Gasteiger partial charge on any atom is -0.488 e. The lowest BCUT2D eigenvalue weighted by Crippen LogP contribution is -2.49. The van der Waals surface area contributed by atoms with Gasteiger partial charge in [0.2, 0.25) is 0 Å². The maximum absolute atomic E-state index is 14.9. The van der Waals surface area contributed by atoms with Crippen molar-refractivity contribution in [2.24, 2.45) is 0 Å². The Morgan fingerprint density at radius 1 is 1.22 bits per heavy atom. The van der Waals surface area contributed by atoms with Crippen molar-refractivity contribution in [3.63, 3.8) is 0 Å². The first-order valence-electron chi connectivity index (χ1n) is 11.6. The maximum Gasteiger partial charge on any atom is 0.256 e. The summed E-state index contributed by atoms with van der Waals surface area (Å²) in [5, 5.41) is 12.1. The highest BCUT2D eigenvalue weighted by molar-refractivity contribution is 5.96. The standard InChI is InChI=1S/C27H28FN3O5/c1-17-6-11-31(17)27(34)19-4-5-25(24(28)14-19)36-23-13-20(12-22(15-23)35-18(2)16-32)26(33)29-21-7-9-30(3)10-8-21/h4-5,7,9-10,12-15,17-18,32H,6,11,16H2,1-3H3,(H,29,33)/t17?,18-/m0/s1. The van der Waals surface area contributed by atoms with Crippen LogP contribution in [0.5, 0.6) is 17.2 Å². The number of aliphatic hydroxyl groups is 1. The van der Waals surface area contributed by atoms with Gasteiger partial charge in [0.1, 0.15) is 17.6 Å². The molecule has 2 amide bonds. The van der Waals surface area contributed by atoms with Crippen LogP contribution in [0.2, 0.25) is 0 Å². The van der Waals surface area contributed by atoms with Crippen molar-refractivity contribution in [1.29, 1.82) is 0 Å². The summed E-state index contributed by atoms with van der Waals surface area (Å²) in [7, 11) is 1.84. The number of likely N-dealkylation sites (tertiary alicyclic amines) is 1. The van der Waals surface area contributed by atoms with Crippen molar-refractivity contribution in [2.45, 2.75) is 32.4 Å². The molecule has 1 saturated heterocycles. The largest absolute Gasteiger partial charge is 0.488 e. The summed E-state index contributed by atoms with van der Waals surface area (Å²) in [4.78, 5) is 28.9. The van der Waals surface area contributed by atoms with Gasteiger partial charge in [0.15, 0.2) is 11.6 Å². The van der Waals surface area contributed by atoms with Gasteiger partial charge in [-0.1, -0.05) is 5.73 Å². The highest BCUT2D eigenvalue weighted by Gasteiger charge is 2.29. The Kier molecular flexibility index (Phi) is 7.43. The zero-order valence-corrected chi connectivity index (χ0v) is 20.3. The van der Waals surface area contributed by atoms with Gasteiger partial charge in [0.05, 0.1) is 12.3 Å². The van der Waals surface area contributed by atoms with E-state index in [1.54, 1.807) is 35.2 Å². The number of carbonyl (C=O) groups is 2. The summed E-state index contributed by atoms with van der Waals surface area (Å²) in [6, 6.07) is 8.64. The number of hydrogen-bond acceptors (Lipinski definition) is 6. The number of rotatable bonds is 8. The summed E-state index contributed by atoms with van der Waals surface area (Å²) in [5.41, 5.74) is 3.86. The van der Waals surface area contributed by atoms with Gasteiger partial charge in [-0.05, 0) is 56.7 Å². The van der Waals surface area contributed by atoms with E-state index in [0.717, 1.165) is 12.5 Å². The van der Waals surface area contributed by atoms with Gasteiger partial charge < -0.3 is 29.7 Å². The Hall–Kier alpha value is -4.07. The summed E-state index contributed by atoms with van der Waals surface area (Å²) in [6.07, 6.45) is 5.53. The Bertz CT molecular complexity index is 1270. The van der Waals surface area contributed by atoms with Crippen LogP contribution in [0.3, 0.4) is 0 Å². The fourth-order valence-corrected chi connectivity index (χ4v) is 3.65. The fraction of sp³-hybridized carbons (Fsp3) is 0.296. The van der Waals surface area contributed by atoms with Crippen LogP contribution in [0.4, 0.5) is 4.39 Å². The van der Waals surface area contributed by atoms with Crippen molar-refractivity contribution in [3.05, 3.63) is 83.2 Å². The van der Waals surface area contributed by atoms with Gasteiger partial charge in [-0.25, -0.2) is 4.39 Å². The number of hydrogen-bond donors (Lipinski definition) is 2. The number of ether oxygens (including phenoxy) is 2. The molecular formula is C27H28FN3O5. The normalized spacial score (nSPS) is 17.2. The second-order valence-corrected chi connectivity index (χ2v) is 8.81. The lowest BCUT2D eigenvalue weighted by Gasteiger charge is -2.38. The number of nitrogens with one attached hydrogen (secondary N) is 1. The first-order chi connectivity index (χ1) is 17.2. The number of halogens is 1. The average Bonchev–Trinajstić information content (AvgIpc) is 2.85. The summed E-state index contributed by atoms with van der Waals surface area (Å²) in [5.74, 6) is -1.06. The summed E-state index contributed by atoms with van der Waals surface area (Å²) < 4.78 is 26.3. The first kappa shape index (κ1) is 25.0. The van der Waals surface area contributed by atoms with Crippen LogP contribution in [0.1, 0.15) is 41.0 Å². The molecule has 2 N–H and O–H groups in total. The van der Waals surface area contributed by atoms with E-state index in [-0.39, 0.29) is 46.9 Å². The molecule has 0 saturated carbocycles. The number of nitrogens with zero attached hydrogens (tertiary/aromatic N) is 2. The second-order valence-electron chi connectivity index (χ2n) is 8.81. The highest BCUT2D eigenvalue weighted by Crippen LogP contribution is 2.31. The number of allylic oxidation sites excluding steroid dienone is 1. The van der Waals surface area contributed by atoms with E-state index < -0.39 is 17.8 Å². The molecule has 9 heteroatoms. The summed E-state index contributed by atoms with van der Waals surface area (Å²) in [6.45, 7) is 4.04. The van der Waals surface area contributed by atoms with E-state index in [9.17, 15) is 19.1 Å². The zero-order valence-electron chi connectivity index (χ0n) is 20.3. The lowest BCUT2D eigenvalue weighted by atomic mass is 10.0. The van der Waals surface area contributed by atoms with Gasteiger partial charge in [0.25, 0.3) is 11.8 Å². The van der Waals surface area contributed by atoms with E-state index >= 15 is 0 Å². The molecule has 0 aromatic heterocycles. The number of benzene rings is 2. The number of amides is 2. The monoisotopic (exact) mass is 493 g/mol. The number of aliphatic hydroxyl groups excluding tert-OH is 1. The van der Waals surface area contributed by atoms with Crippen molar-refractivity contribution >= 4 is 11.8 Å². The zero-order chi connectivity index (χ0) is 25.8. The molecule has 2 aromatic rings. The molecule has 2 aliphatic rings. The summed E-state index contributed by atoms with van der Waals surface area (Å²) >= 11 is 0. The van der Waals surface area contributed by atoms with Crippen LogP contribution < -0.4 is 14.8 Å². The molecule has 2 aliphatic heterocycles. The van der Waals surface area contributed by atoms with E-state index in [4.69, 9.17) is 9.47 Å². The third kappa shape index (κ3) is 5.76. The van der Waals surface area contributed by atoms with Gasteiger partial charge in [-0.15, -0.1) is 0 Å². The van der Waals surface area contributed by atoms with E-state index in [1.807, 2.05) is 14.0 Å². The van der Waals surface area contributed by atoms with Gasteiger partial charge >= 0.3 is 0 Å². The molecule has 36 heavy (non-hydrogen) atoms. The van der Waals surface area contributed by atoms with Crippen molar-refractivity contribution < 1.29 is 28.6 Å². The fourth-order valence-electron chi connectivity index (χ4n) is 3.65. The van der Waals surface area contributed by atoms with Crippen LogP contribution in [0.25, 0.3) is 0 Å². The van der Waals surface area contributed by atoms with Gasteiger partial charge in [-0.3, -0.25) is 9.59 Å². The topological polar surface area (TPSA) is 91.3 Å². The molecular weight excluding hydrogens is 465 g/mol. The Labute approximate surface area is 208 Å². The first-order valence-corrected chi connectivity index (χ1v) is 11.6. The smallest absolute Gasteiger partial charge is 0.256 e. The molecule has 1 fully saturated rings. The molecule has 4 rings (SSSR count). The molecule has 0 aliphatic carbocycles. The molecule has 0 radical (unpaired) electrons. The van der Waals surface area contributed by atoms with Gasteiger partial charge in [-0.2, -0.15) is 0 Å². The van der Waals surface area contributed by atoms with Crippen molar-refractivity contribution in [2.75, 3.05) is 20.2 Å². The van der Waals surface area contributed by atoms with Crippen LogP contribution in [0, 0.1) is 5.82 Å². The van der Waals surface area contributed by atoms with E-state index in [2.05, 4.69) is 11.0 Å². The quantitative estimate of drug-likeness (QED) is 0.544. The van der Waals surface area contributed by atoms with E-state index in [0.29, 0.717) is 12.2 Å². The van der Waals surface area contributed by atoms with E-state index in [1.165, 1.54) is 30.3 Å². The third-order valence-electron chi connectivity index (χ3n) is 5.87. The molecule has 0 spiro atoms. The average molecular weight is 494 g/mol. The van der Waals surface area contributed by atoms with Crippen molar-refractivity contribution in [3.8, 4) is 17.2 Å². The SMILES string of the molecule is CC1CCN1C(=O)c1ccc(Oc2cc(O[C@@H](C)CO)cc(C(=O)NC3=C=CN(C)C=C3)c2)c(F)c1. The molecule has 2 heterocycles. The van der Waals surface area contributed by atoms with Crippen molar-refractivity contribution in [1.82, 2.24) is 15.1 Å². The van der Waals surface area contributed by atoms with Crippen LogP contribution in [-0.2, 0) is 0 Å². The highest BCUT2D eigenvalue weighted by atomic mass is 19.1. The second kappa shape index (κ2) is 10.7. The molecule has 1 unspecified atom stereocenters. The molecule has 2 atom stereocenters. The van der Waals surface area contributed by atoms with Gasteiger partial charge in [0, 0.05) is 49.2 Å². The van der Waals surface area contributed by atoms with Crippen LogP contribution >= 0.6 is 0 Å². The minimum absolute atomic E-state index is 0.106. The molecule has 188 valence electrons. The predicted molar refractivity (Wildman–Crippen MR) is 131 cm³/mol. The Morgan fingerprint density at radius 3 is 2.61 bits per heavy atom.